The molecule has 0 aromatic carbocycles. The zero-order valence-electron chi connectivity index (χ0n) is 11.0. The summed E-state index contributed by atoms with van der Waals surface area (Å²) in [5.74, 6) is 0.161. The summed E-state index contributed by atoms with van der Waals surface area (Å²) in [6, 6.07) is 0. The van der Waals surface area contributed by atoms with Crippen LogP contribution >= 0.6 is 0 Å². The number of amides is 1. The first kappa shape index (κ1) is 14.4. The van der Waals surface area contributed by atoms with E-state index in [2.05, 4.69) is 10.6 Å². The molecular formula is C12H25N3O2. The lowest BCUT2D eigenvalue weighted by Crippen LogP contribution is -2.35. The predicted octanol–water partition coefficient (Wildman–Crippen LogP) is -0.177. The number of rotatable bonds is 7. The summed E-state index contributed by atoms with van der Waals surface area (Å²) >= 11 is 0. The molecule has 0 aromatic rings. The molecule has 1 heterocycles. The molecule has 5 heteroatoms. The Morgan fingerprint density at radius 1 is 1.47 bits per heavy atom. The molecule has 0 saturated carbocycles. The zero-order valence-corrected chi connectivity index (χ0v) is 11.0. The minimum absolute atomic E-state index is 0.161. The SMILES string of the molecule is CNCCN(C)C(=O)CCOC1CCNCC1. The highest BCUT2D eigenvalue weighted by Crippen LogP contribution is 2.07. The molecule has 5 nitrogen and oxygen atoms in total. The van der Waals surface area contributed by atoms with E-state index >= 15 is 0 Å². The molecule has 1 fully saturated rings. The van der Waals surface area contributed by atoms with E-state index in [1.807, 2.05) is 14.1 Å². The fraction of sp³-hybridized carbons (Fsp3) is 0.917. The Bertz CT molecular complexity index is 218. The van der Waals surface area contributed by atoms with Crippen molar-refractivity contribution in [2.75, 3.05) is 46.9 Å². The molecular weight excluding hydrogens is 218 g/mol. The van der Waals surface area contributed by atoms with Crippen LogP contribution in [0.4, 0.5) is 0 Å². The van der Waals surface area contributed by atoms with Crippen molar-refractivity contribution in [3.05, 3.63) is 0 Å². The standard InChI is InChI=1S/C12H25N3O2/c1-13-8-9-15(2)12(16)5-10-17-11-3-6-14-7-4-11/h11,13-14H,3-10H2,1-2H3. The second-order valence-corrected chi connectivity index (χ2v) is 4.49. The first-order valence-electron chi connectivity index (χ1n) is 6.45. The second-order valence-electron chi connectivity index (χ2n) is 4.49. The molecule has 0 bridgehead atoms. The van der Waals surface area contributed by atoms with E-state index in [0.29, 0.717) is 19.1 Å². The highest BCUT2D eigenvalue weighted by Gasteiger charge is 2.14. The maximum absolute atomic E-state index is 11.7. The quantitative estimate of drug-likeness (QED) is 0.651. The Morgan fingerprint density at radius 3 is 2.82 bits per heavy atom. The summed E-state index contributed by atoms with van der Waals surface area (Å²) in [5.41, 5.74) is 0. The molecule has 17 heavy (non-hydrogen) atoms. The first-order valence-corrected chi connectivity index (χ1v) is 6.45. The van der Waals surface area contributed by atoms with Crippen molar-refractivity contribution in [3.63, 3.8) is 0 Å². The van der Waals surface area contributed by atoms with E-state index in [1.54, 1.807) is 4.90 Å². The van der Waals surface area contributed by atoms with Crippen LogP contribution in [-0.4, -0.2) is 63.8 Å². The number of piperidine rings is 1. The minimum Gasteiger partial charge on any atom is -0.378 e. The lowest BCUT2D eigenvalue weighted by molar-refractivity contribution is -0.131. The average molecular weight is 243 g/mol. The monoisotopic (exact) mass is 243 g/mol. The van der Waals surface area contributed by atoms with Gasteiger partial charge in [-0.3, -0.25) is 4.79 Å². The van der Waals surface area contributed by atoms with E-state index in [0.717, 1.165) is 39.0 Å². The summed E-state index contributed by atoms with van der Waals surface area (Å²) in [6.07, 6.45) is 2.95. The molecule has 1 amide bonds. The van der Waals surface area contributed by atoms with Gasteiger partial charge >= 0.3 is 0 Å². The molecule has 2 N–H and O–H groups in total. The fourth-order valence-corrected chi connectivity index (χ4v) is 1.87. The van der Waals surface area contributed by atoms with Gasteiger partial charge < -0.3 is 20.3 Å². The Morgan fingerprint density at radius 2 is 2.18 bits per heavy atom. The highest BCUT2D eigenvalue weighted by molar-refractivity contribution is 5.75. The highest BCUT2D eigenvalue weighted by atomic mass is 16.5. The fourth-order valence-electron chi connectivity index (χ4n) is 1.87. The minimum atomic E-state index is 0.161. The lowest BCUT2D eigenvalue weighted by Gasteiger charge is -2.23. The van der Waals surface area contributed by atoms with Crippen LogP contribution in [0.25, 0.3) is 0 Å². The molecule has 1 aliphatic heterocycles. The van der Waals surface area contributed by atoms with Crippen molar-refractivity contribution in [2.45, 2.75) is 25.4 Å². The van der Waals surface area contributed by atoms with Crippen LogP contribution in [0, 0.1) is 0 Å². The van der Waals surface area contributed by atoms with Crippen LogP contribution in [0.1, 0.15) is 19.3 Å². The van der Waals surface area contributed by atoms with Crippen molar-refractivity contribution >= 4 is 5.91 Å². The van der Waals surface area contributed by atoms with Gasteiger partial charge in [-0.15, -0.1) is 0 Å². The molecule has 0 aliphatic carbocycles. The number of ether oxygens (including phenoxy) is 1. The van der Waals surface area contributed by atoms with E-state index in [9.17, 15) is 4.79 Å². The van der Waals surface area contributed by atoms with E-state index in [4.69, 9.17) is 4.74 Å². The van der Waals surface area contributed by atoms with Crippen molar-refractivity contribution in [2.24, 2.45) is 0 Å². The number of carbonyl (C=O) groups excluding carboxylic acids is 1. The lowest BCUT2D eigenvalue weighted by atomic mass is 10.1. The molecule has 0 spiro atoms. The van der Waals surface area contributed by atoms with Gasteiger partial charge in [-0.2, -0.15) is 0 Å². The van der Waals surface area contributed by atoms with Gasteiger partial charge in [-0.25, -0.2) is 0 Å². The third-order valence-electron chi connectivity index (χ3n) is 3.08. The summed E-state index contributed by atoms with van der Waals surface area (Å²) in [6.45, 7) is 4.19. The Balaban J connectivity index is 2.06. The maximum Gasteiger partial charge on any atom is 0.224 e. The summed E-state index contributed by atoms with van der Waals surface area (Å²) in [7, 11) is 3.72. The normalized spacial score (nSPS) is 17.1. The summed E-state index contributed by atoms with van der Waals surface area (Å²) in [4.78, 5) is 13.4. The third-order valence-corrected chi connectivity index (χ3v) is 3.08. The van der Waals surface area contributed by atoms with Gasteiger partial charge in [0.05, 0.1) is 19.1 Å². The van der Waals surface area contributed by atoms with Gasteiger partial charge in [0.15, 0.2) is 0 Å². The van der Waals surface area contributed by atoms with Gasteiger partial charge in [0.25, 0.3) is 0 Å². The van der Waals surface area contributed by atoms with Crippen molar-refractivity contribution in [1.82, 2.24) is 15.5 Å². The van der Waals surface area contributed by atoms with Gasteiger partial charge in [0.1, 0.15) is 0 Å². The Hall–Kier alpha value is -0.650. The zero-order chi connectivity index (χ0) is 12.5. The van der Waals surface area contributed by atoms with Crippen molar-refractivity contribution in [1.29, 1.82) is 0 Å². The molecule has 0 aromatic heterocycles. The van der Waals surface area contributed by atoms with E-state index in [1.165, 1.54) is 0 Å². The number of likely N-dealkylation sites (N-methyl/N-ethyl adjacent to an activating group) is 2. The molecule has 0 atom stereocenters. The van der Waals surface area contributed by atoms with Crippen molar-refractivity contribution < 1.29 is 9.53 Å². The Kier molecular flexibility index (Phi) is 7.16. The Labute approximate surface area is 104 Å². The molecule has 1 aliphatic rings. The van der Waals surface area contributed by atoms with Gasteiger partial charge in [-0.05, 0) is 33.0 Å². The number of hydrogen-bond donors (Lipinski definition) is 2. The summed E-state index contributed by atoms with van der Waals surface area (Å²) < 4.78 is 5.71. The van der Waals surface area contributed by atoms with Crippen molar-refractivity contribution in [3.8, 4) is 0 Å². The van der Waals surface area contributed by atoms with Crippen LogP contribution in [0.15, 0.2) is 0 Å². The molecule has 0 radical (unpaired) electrons. The number of nitrogens with one attached hydrogen (secondary N) is 2. The van der Waals surface area contributed by atoms with E-state index < -0.39 is 0 Å². The van der Waals surface area contributed by atoms with E-state index in [-0.39, 0.29) is 5.91 Å². The molecule has 100 valence electrons. The first-order chi connectivity index (χ1) is 8.24. The topological polar surface area (TPSA) is 53.6 Å². The number of hydrogen-bond acceptors (Lipinski definition) is 4. The predicted molar refractivity (Wildman–Crippen MR) is 68.0 cm³/mol. The van der Waals surface area contributed by atoms with Crippen LogP contribution < -0.4 is 10.6 Å². The molecule has 0 unspecified atom stereocenters. The van der Waals surface area contributed by atoms with Gasteiger partial charge in [0.2, 0.25) is 5.91 Å². The number of nitrogens with zero attached hydrogens (tertiary/aromatic N) is 1. The summed E-state index contributed by atoms with van der Waals surface area (Å²) in [5, 5.41) is 6.32. The third kappa shape index (κ3) is 6.00. The smallest absolute Gasteiger partial charge is 0.224 e. The van der Waals surface area contributed by atoms with Crippen LogP contribution in [0.5, 0.6) is 0 Å². The van der Waals surface area contributed by atoms with Gasteiger partial charge in [-0.1, -0.05) is 0 Å². The van der Waals surface area contributed by atoms with Crippen LogP contribution in [0.2, 0.25) is 0 Å². The average Bonchev–Trinajstić information content (AvgIpc) is 2.37. The second kappa shape index (κ2) is 8.44. The molecule has 1 rings (SSSR count). The van der Waals surface area contributed by atoms with Gasteiger partial charge in [0, 0.05) is 20.1 Å². The number of carbonyl (C=O) groups is 1. The van der Waals surface area contributed by atoms with Crippen LogP contribution in [0.3, 0.4) is 0 Å². The molecule has 1 saturated heterocycles. The largest absolute Gasteiger partial charge is 0.378 e. The van der Waals surface area contributed by atoms with Crippen LogP contribution in [-0.2, 0) is 9.53 Å². The maximum atomic E-state index is 11.7.